The van der Waals surface area contributed by atoms with Gasteiger partial charge in [-0.15, -0.1) is 0 Å². The summed E-state index contributed by atoms with van der Waals surface area (Å²) in [5, 5.41) is 4.85. The summed E-state index contributed by atoms with van der Waals surface area (Å²) in [4.78, 5) is 4.67. The van der Waals surface area contributed by atoms with Crippen molar-refractivity contribution in [1.82, 2.24) is 0 Å². The fourth-order valence-electron chi connectivity index (χ4n) is 6.50. The molecule has 0 amide bonds. The molecule has 0 atom stereocenters. The van der Waals surface area contributed by atoms with Crippen LogP contribution in [-0.2, 0) is 0 Å². The van der Waals surface area contributed by atoms with Gasteiger partial charge >= 0.3 is 0 Å². The average Bonchev–Trinajstić information content (AvgIpc) is 3.13. The first-order valence-electron chi connectivity index (χ1n) is 15.9. The summed E-state index contributed by atoms with van der Waals surface area (Å²) in [5.41, 5.74) is 9.00. The molecular formula is C44H30Br2N2. The van der Waals surface area contributed by atoms with E-state index in [1.165, 1.54) is 21.5 Å². The van der Waals surface area contributed by atoms with E-state index in [0.29, 0.717) is 0 Å². The number of halogens is 2. The third kappa shape index (κ3) is 5.90. The van der Waals surface area contributed by atoms with Gasteiger partial charge in [-0.1, -0.05) is 141 Å². The highest BCUT2D eigenvalue weighted by Crippen LogP contribution is 2.42. The van der Waals surface area contributed by atoms with Crippen molar-refractivity contribution in [3.05, 3.63) is 191 Å². The maximum absolute atomic E-state index is 3.70. The molecule has 0 saturated heterocycles. The minimum absolute atomic E-state index is 1.04. The second-order valence-corrected chi connectivity index (χ2v) is 13.6. The van der Waals surface area contributed by atoms with Crippen LogP contribution >= 0.6 is 31.9 Å². The van der Waals surface area contributed by atoms with Crippen LogP contribution in [0.25, 0.3) is 32.7 Å². The van der Waals surface area contributed by atoms with Crippen LogP contribution in [0.2, 0.25) is 0 Å². The van der Waals surface area contributed by atoms with Crippen LogP contribution in [-0.4, -0.2) is 0 Å². The summed E-state index contributed by atoms with van der Waals surface area (Å²) < 4.78 is 2.09. The third-order valence-corrected chi connectivity index (χ3v) is 9.72. The number of rotatable bonds is 7. The molecule has 0 fully saturated rings. The zero-order chi connectivity index (χ0) is 32.5. The second-order valence-electron chi connectivity index (χ2n) is 11.7. The van der Waals surface area contributed by atoms with Crippen LogP contribution in [0.4, 0.5) is 34.1 Å². The minimum Gasteiger partial charge on any atom is -0.310 e. The minimum atomic E-state index is 1.04. The molecule has 0 spiro atoms. The van der Waals surface area contributed by atoms with Crippen molar-refractivity contribution in [3.63, 3.8) is 0 Å². The summed E-state index contributed by atoms with van der Waals surface area (Å²) in [6.45, 7) is 0. The number of benzene rings is 8. The Labute approximate surface area is 297 Å². The van der Waals surface area contributed by atoms with E-state index in [4.69, 9.17) is 0 Å². The lowest BCUT2D eigenvalue weighted by atomic mass is 10.0. The van der Waals surface area contributed by atoms with Gasteiger partial charge in [-0.05, 0) is 94.7 Å². The van der Waals surface area contributed by atoms with E-state index in [0.717, 1.165) is 54.2 Å². The molecule has 8 aromatic rings. The molecule has 8 aromatic carbocycles. The molecule has 2 nitrogen and oxygen atoms in total. The molecule has 8 rings (SSSR count). The standard InChI is InChI=1S/C44H30Br2N2/c45-35-13-7-15-39(29-35)47(43-19-5-11-33-9-1-3-17-41(33)43)37-25-21-31(22-26-37)32-23-27-38(28-24-32)48(40-16-8-14-36(46)30-40)44-20-6-12-34-10-2-4-18-42(34)44/h1-30H. The number of fused-ring (bicyclic) bond motifs is 2. The summed E-state index contributed by atoms with van der Waals surface area (Å²) in [7, 11) is 0. The van der Waals surface area contributed by atoms with Crippen LogP contribution < -0.4 is 9.80 Å². The first kappa shape index (κ1) is 30.2. The molecule has 0 bridgehead atoms. The predicted molar refractivity (Wildman–Crippen MR) is 212 cm³/mol. The van der Waals surface area contributed by atoms with Crippen LogP contribution in [0.1, 0.15) is 0 Å². The van der Waals surface area contributed by atoms with Crippen molar-refractivity contribution in [2.24, 2.45) is 0 Å². The molecule has 0 aromatic heterocycles. The summed E-state index contributed by atoms with van der Waals surface area (Å²) >= 11 is 7.39. The number of nitrogens with zero attached hydrogens (tertiary/aromatic N) is 2. The highest BCUT2D eigenvalue weighted by atomic mass is 79.9. The van der Waals surface area contributed by atoms with Gasteiger partial charge in [0.05, 0.1) is 11.4 Å². The van der Waals surface area contributed by atoms with Crippen LogP contribution in [0.5, 0.6) is 0 Å². The Kier molecular flexibility index (Phi) is 8.27. The zero-order valence-electron chi connectivity index (χ0n) is 26.0. The molecule has 0 N–H and O–H groups in total. The van der Waals surface area contributed by atoms with Gasteiger partial charge in [-0.2, -0.15) is 0 Å². The molecule has 0 aliphatic heterocycles. The normalized spacial score (nSPS) is 11.1. The van der Waals surface area contributed by atoms with E-state index in [-0.39, 0.29) is 0 Å². The molecule has 0 aliphatic rings. The van der Waals surface area contributed by atoms with E-state index in [9.17, 15) is 0 Å². The second kappa shape index (κ2) is 13.2. The van der Waals surface area contributed by atoms with E-state index < -0.39 is 0 Å². The van der Waals surface area contributed by atoms with Crippen LogP contribution in [0.15, 0.2) is 191 Å². The van der Waals surface area contributed by atoms with Gasteiger partial charge in [0.1, 0.15) is 0 Å². The largest absolute Gasteiger partial charge is 0.310 e. The van der Waals surface area contributed by atoms with Crippen molar-refractivity contribution in [2.75, 3.05) is 9.80 Å². The molecule has 48 heavy (non-hydrogen) atoms. The maximum atomic E-state index is 3.70. The smallest absolute Gasteiger partial charge is 0.0540 e. The van der Waals surface area contributed by atoms with Gasteiger partial charge in [0.25, 0.3) is 0 Å². The molecule has 0 radical (unpaired) electrons. The SMILES string of the molecule is Brc1cccc(N(c2ccc(-c3ccc(N(c4cccc(Br)c4)c4cccc5ccccc45)cc3)cc2)c2cccc3ccccc23)c1. The van der Waals surface area contributed by atoms with Gasteiger partial charge in [0.2, 0.25) is 0 Å². The fraction of sp³-hybridized carbons (Fsp3) is 0. The van der Waals surface area contributed by atoms with Gasteiger partial charge in [0.15, 0.2) is 0 Å². The summed E-state index contributed by atoms with van der Waals surface area (Å²) in [5.74, 6) is 0. The number of hydrogen-bond acceptors (Lipinski definition) is 2. The first-order valence-corrected chi connectivity index (χ1v) is 17.5. The Balaban J connectivity index is 1.17. The molecular weight excluding hydrogens is 716 g/mol. The molecule has 230 valence electrons. The lowest BCUT2D eigenvalue weighted by Gasteiger charge is -2.27. The topological polar surface area (TPSA) is 6.48 Å². The Hall–Kier alpha value is -5.16. The summed E-state index contributed by atoms with van der Waals surface area (Å²) in [6, 6.07) is 64.8. The Morgan fingerprint density at radius 3 is 1.10 bits per heavy atom. The number of anilines is 6. The van der Waals surface area contributed by atoms with E-state index in [1.54, 1.807) is 0 Å². The lowest BCUT2D eigenvalue weighted by Crippen LogP contribution is -2.10. The van der Waals surface area contributed by atoms with Crippen LogP contribution in [0.3, 0.4) is 0 Å². The van der Waals surface area contributed by atoms with Gasteiger partial charge in [-0.25, -0.2) is 0 Å². The first-order chi connectivity index (χ1) is 23.6. The van der Waals surface area contributed by atoms with E-state index >= 15 is 0 Å². The van der Waals surface area contributed by atoms with Crippen molar-refractivity contribution < 1.29 is 0 Å². The molecule has 0 heterocycles. The van der Waals surface area contributed by atoms with Crippen molar-refractivity contribution in [1.29, 1.82) is 0 Å². The molecule has 0 unspecified atom stereocenters. The maximum Gasteiger partial charge on any atom is 0.0540 e. The Morgan fingerprint density at radius 1 is 0.312 bits per heavy atom. The average molecular weight is 747 g/mol. The van der Waals surface area contributed by atoms with E-state index in [1.807, 2.05) is 0 Å². The molecule has 0 aliphatic carbocycles. The van der Waals surface area contributed by atoms with Crippen molar-refractivity contribution in [3.8, 4) is 11.1 Å². The highest BCUT2D eigenvalue weighted by molar-refractivity contribution is 9.10. The Morgan fingerprint density at radius 2 is 0.688 bits per heavy atom. The molecule has 0 saturated carbocycles. The molecule has 4 heteroatoms. The Bertz CT molecular complexity index is 2200. The zero-order valence-corrected chi connectivity index (χ0v) is 29.1. The summed E-state index contributed by atoms with van der Waals surface area (Å²) in [6.07, 6.45) is 0. The van der Waals surface area contributed by atoms with Gasteiger partial charge in [0, 0.05) is 42.5 Å². The van der Waals surface area contributed by atoms with Gasteiger partial charge < -0.3 is 9.80 Å². The predicted octanol–water partition coefficient (Wildman–Crippen LogP) is 14.1. The van der Waals surface area contributed by atoms with E-state index in [2.05, 4.69) is 224 Å². The van der Waals surface area contributed by atoms with Gasteiger partial charge in [-0.3, -0.25) is 0 Å². The lowest BCUT2D eigenvalue weighted by molar-refractivity contribution is 1.29. The third-order valence-electron chi connectivity index (χ3n) is 8.73. The highest BCUT2D eigenvalue weighted by Gasteiger charge is 2.18. The monoisotopic (exact) mass is 744 g/mol. The van der Waals surface area contributed by atoms with Crippen molar-refractivity contribution in [2.45, 2.75) is 0 Å². The quantitative estimate of drug-likeness (QED) is 0.160. The van der Waals surface area contributed by atoms with Crippen molar-refractivity contribution >= 4 is 87.5 Å². The number of hydrogen-bond donors (Lipinski definition) is 0. The van der Waals surface area contributed by atoms with Crippen LogP contribution in [0, 0.1) is 0 Å². The fourth-order valence-corrected chi connectivity index (χ4v) is 7.27.